The van der Waals surface area contributed by atoms with Gasteiger partial charge in [0.15, 0.2) is 5.16 Å². The summed E-state index contributed by atoms with van der Waals surface area (Å²) in [5, 5.41) is 2.86. The van der Waals surface area contributed by atoms with Gasteiger partial charge in [-0.05, 0) is 5.56 Å². The number of methoxy groups -OCH3 is 1. The Labute approximate surface area is 148 Å². The van der Waals surface area contributed by atoms with Crippen LogP contribution in [0.5, 0.6) is 0 Å². The Balaban J connectivity index is 1.96. The summed E-state index contributed by atoms with van der Waals surface area (Å²) in [5.74, 6) is -0.878. The zero-order chi connectivity index (χ0) is 18.2. The second-order valence-corrected chi connectivity index (χ2v) is 6.06. The summed E-state index contributed by atoms with van der Waals surface area (Å²) in [6.45, 7) is 0. The van der Waals surface area contributed by atoms with E-state index in [0.29, 0.717) is 6.42 Å². The van der Waals surface area contributed by atoms with Crippen LogP contribution in [0.2, 0.25) is 0 Å². The van der Waals surface area contributed by atoms with E-state index in [0.717, 1.165) is 23.4 Å². The number of nitrogens with one attached hydrogen (secondary N) is 2. The third-order valence-corrected chi connectivity index (χ3v) is 4.06. The number of nitrogens with zero attached hydrogens (tertiary/aromatic N) is 1. The number of anilines is 1. The van der Waals surface area contributed by atoms with Gasteiger partial charge in [-0.25, -0.2) is 9.78 Å². The minimum Gasteiger partial charge on any atom is -0.467 e. The van der Waals surface area contributed by atoms with Crippen LogP contribution in [0.15, 0.2) is 46.3 Å². The average molecular weight is 362 g/mol. The number of nitrogens with two attached hydrogens (primary N) is 1. The molecule has 0 saturated carbocycles. The highest BCUT2D eigenvalue weighted by Crippen LogP contribution is 2.12. The molecule has 1 amide bonds. The largest absolute Gasteiger partial charge is 0.467 e. The van der Waals surface area contributed by atoms with Crippen molar-refractivity contribution in [3.05, 3.63) is 52.3 Å². The van der Waals surface area contributed by atoms with E-state index in [2.05, 4.69) is 15.3 Å². The van der Waals surface area contributed by atoms with E-state index in [1.165, 1.54) is 7.11 Å². The van der Waals surface area contributed by atoms with Gasteiger partial charge in [-0.15, -0.1) is 0 Å². The van der Waals surface area contributed by atoms with Gasteiger partial charge >= 0.3 is 5.97 Å². The molecule has 2 rings (SSSR count). The lowest BCUT2D eigenvalue weighted by molar-refractivity contribution is -0.144. The van der Waals surface area contributed by atoms with Crippen molar-refractivity contribution in [2.45, 2.75) is 17.6 Å². The molecule has 1 aromatic heterocycles. The highest BCUT2D eigenvalue weighted by atomic mass is 32.2. The van der Waals surface area contributed by atoms with Crippen LogP contribution in [0.4, 0.5) is 5.82 Å². The molecule has 9 heteroatoms. The van der Waals surface area contributed by atoms with E-state index in [-0.39, 0.29) is 22.6 Å². The maximum Gasteiger partial charge on any atom is 0.328 e. The van der Waals surface area contributed by atoms with Gasteiger partial charge in [0.1, 0.15) is 11.9 Å². The molecule has 0 bridgehead atoms. The lowest BCUT2D eigenvalue weighted by Gasteiger charge is -2.16. The fourth-order valence-electron chi connectivity index (χ4n) is 2.08. The summed E-state index contributed by atoms with van der Waals surface area (Å²) in [4.78, 5) is 41.7. The van der Waals surface area contributed by atoms with Crippen molar-refractivity contribution in [2.24, 2.45) is 0 Å². The molecule has 0 saturated heterocycles. The zero-order valence-corrected chi connectivity index (χ0v) is 14.3. The Hall–Kier alpha value is -2.81. The van der Waals surface area contributed by atoms with Gasteiger partial charge < -0.3 is 20.8 Å². The average Bonchev–Trinajstić information content (AvgIpc) is 2.59. The van der Waals surface area contributed by atoms with Crippen LogP contribution in [-0.2, 0) is 20.7 Å². The van der Waals surface area contributed by atoms with Gasteiger partial charge in [-0.1, -0.05) is 42.1 Å². The lowest BCUT2D eigenvalue weighted by Crippen LogP contribution is -2.43. The molecule has 4 N–H and O–H groups in total. The summed E-state index contributed by atoms with van der Waals surface area (Å²) in [5.41, 5.74) is 5.98. The molecule has 132 valence electrons. The van der Waals surface area contributed by atoms with Crippen LogP contribution < -0.4 is 16.6 Å². The first kappa shape index (κ1) is 18.5. The quantitative estimate of drug-likeness (QED) is 0.368. The molecule has 0 aliphatic carbocycles. The minimum absolute atomic E-state index is 0.0331. The Morgan fingerprint density at radius 2 is 2.08 bits per heavy atom. The Kier molecular flexibility index (Phi) is 6.58. The second kappa shape index (κ2) is 8.88. The molecule has 1 heterocycles. The smallest absolute Gasteiger partial charge is 0.328 e. The molecule has 0 spiro atoms. The number of esters is 1. The SMILES string of the molecule is COC(=O)[C@@H](Cc1ccccc1)NC(=O)CSc1nc(N)cc(=O)[nH]1. The van der Waals surface area contributed by atoms with Crippen LogP contribution >= 0.6 is 11.8 Å². The number of nitrogen functional groups attached to an aromatic ring is 1. The van der Waals surface area contributed by atoms with E-state index in [1.54, 1.807) is 0 Å². The zero-order valence-electron chi connectivity index (χ0n) is 13.5. The standard InChI is InChI=1S/C16H18N4O4S/c1-24-15(23)11(7-10-5-3-2-4-6-10)18-14(22)9-25-16-19-12(17)8-13(21)20-16/h2-6,8,11H,7,9H2,1H3,(H,18,22)(H3,17,19,20,21)/t11-/m1/s1. The number of hydrogen-bond donors (Lipinski definition) is 3. The van der Waals surface area contributed by atoms with Crippen LogP contribution in [0, 0.1) is 0 Å². The van der Waals surface area contributed by atoms with Crippen LogP contribution in [0.25, 0.3) is 0 Å². The maximum absolute atomic E-state index is 12.1. The fourth-order valence-corrected chi connectivity index (χ4v) is 2.77. The van der Waals surface area contributed by atoms with Crippen LogP contribution in [-0.4, -0.2) is 40.7 Å². The number of amides is 1. The van der Waals surface area contributed by atoms with Crippen molar-refractivity contribution in [2.75, 3.05) is 18.6 Å². The molecule has 8 nitrogen and oxygen atoms in total. The van der Waals surface area contributed by atoms with Gasteiger partial charge in [0.05, 0.1) is 12.9 Å². The number of H-pyrrole nitrogens is 1. The Morgan fingerprint density at radius 3 is 2.72 bits per heavy atom. The topological polar surface area (TPSA) is 127 Å². The normalized spacial score (nSPS) is 11.6. The first-order chi connectivity index (χ1) is 12.0. The highest BCUT2D eigenvalue weighted by molar-refractivity contribution is 7.99. The first-order valence-corrected chi connectivity index (χ1v) is 8.37. The number of hydrogen-bond acceptors (Lipinski definition) is 7. The fraction of sp³-hybridized carbons (Fsp3) is 0.250. The number of benzene rings is 1. The first-order valence-electron chi connectivity index (χ1n) is 7.38. The lowest BCUT2D eigenvalue weighted by atomic mass is 10.1. The summed E-state index contributed by atoms with van der Waals surface area (Å²) < 4.78 is 4.74. The van der Waals surface area contributed by atoms with Gasteiger partial charge in [-0.2, -0.15) is 0 Å². The van der Waals surface area contributed by atoms with Crippen molar-refractivity contribution < 1.29 is 14.3 Å². The number of aromatic nitrogens is 2. The van der Waals surface area contributed by atoms with Crippen molar-refractivity contribution >= 4 is 29.5 Å². The molecule has 0 fully saturated rings. The molecular formula is C16H18N4O4S. The van der Waals surface area contributed by atoms with E-state index in [9.17, 15) is 14.4 Å². The van der Waals surface area contributed by atoms with Gasteiger partial charge in [0.2, 0.25) is 5.91 Å². The number of thioether (sulfide) groups is 1. The molecule has 1 atom stereocenters. The number of aromatic amines is 1. The van der Waals surface area contributed by atoms with E-state index < -0.39 is 17.6 Å². The van der Waals surface area contributed by atoms with Gasteiger partial charge in [0.25, 0.3) is 5.56 Å². The van der Waals surface area contributed by atoms with Crippen molar-refractivity contribution in [1.82, 2.24) is 15.3 Å². The van der Waals surface area contributed by atoms with E-state index >= 15 is 0 Å². The van der Waals surface area contributed by atoms with Crippen molar-refractivity contribution in [3.8, 4) is 0 Å². The number of carbonyl (C=O) groups is 2. The molecule has 1 aromatic carbocycles. The molecule has 2 aromatic rings. The predicted molar refractivity (Wildman–Crippen MR) is 94.1 cm³/mol. The predicted octanol–water partition coefficient (Wildman–Crippen LogP) is 0.345. The number of rotatable bonds is 7. The molecule has 0 unspecified atom stereocenters. The van der Waals surface area contributed by atoms with Crippen molar-refractivity contribution in [1.29, 1.82) is 0 Å². The summed E-state index contributed by atoms with van der Waals surface area (Å²) in [6.07, 6.45) is 0.317. The molecule has 25 heavy (non-hydrogen) atoms. The highest BCUT2D eigenvalue weighted by Gasteiger charge is 2.22. The summed E-state index contributed by atoms with van der Waals surface area (Å²) in [7, 11) is 1.27. The molecular weight excluding hydrogens is 344 g/mol. The maximum atomic E-state index is 12.1. The van der Waals surface area contributed by atoms with E-state index in [1.807, 2.05) is 30.3 Å². The second-order valence-electron chi connectivity index (χ2n) is 5.10. The molecule has 0 aliphatic heterocycles. The monoisotopic (exact) mass is 362 g/mol. The van der Waals surface area contributed by atoms with Crippen LogP contribution in [0.1, 0.15) is 5.56 Å². The number of ether oxygens (including phenoxy) is 1. The van der Waals surface area contributed by atoms with Gasteiger partial charge in [0, 0.05) is 12.5 Å². The van der Waals surface area contributed by atoms with Crippen LogP contribution in [0.3, 0.4) is 0 Å². The van der Waals surface area contributed by atoms with Gasteiger partial charge in [-0.3, -0.25) is 9.59 Å². The summed E-state index contributed by atoms with van der Waals surface area (Å²) in [6, 6.07) is 9.64. The Morgan fingerprint density at radius 1 is 1.36 bits per heavy atom. The van der Waals surface area contributed by atoms with Crippen molar-refractivity contribution in [3.63, 3.8) is 0 Å². The molecule has 0 radical (unpaired) electrons. The molecule has 0 aliphatic rings. The summed E-state index contributed by atoms with van der Waals surface area (Å²) >= 11 is 1.01. The number of carbonyl (C=O) groups excluding carboxylic acids is 2. The minimum atomic E-state index is -0.798. The third kappa shape index (κ3) is 5.96. The Bertz CT molecular complexity index is 794. The third-order valence-electron chi connectivity index (χ3n) is 3.18. The van der Waals surface area contributed by atoms with E-state index in [4.69, 9.17) is 10.5 Å².